The second-order valence-corrected chi connectivity index (χ2v) is 6.03. The van der Waals surface area contributed by atoms with Crippen molar-refractivity contribution >= 4 is 17.5 Å². The lowest BCUT2D eigenvalue weighted by molar-refractivity contribution is -0.128. The smallest absolute Gasteiger partial charge is 0.261 e. The standard InChI is InChI=1S/C16H22ClNO2/c1-11-6-3-4-9-15(11)18-16(19)12(2)20-14-8-5-7-13(17)10-14/h5,7-8,10-12,15H,3-4,6,9H2,1-2H3,(H,18,19)/t11-,12-,15-/m1/s1. The number of carbonyl (C=O) groups excluding carboxylic acids is 1. The van der Waals surface area contributed by atoms with Crippen molar-refractivity contribution in [1.29, 1.82) is 0 Å². The van der Waals surface area contributed by atoms with Crippen LogP contribution in [0.1, 0.15) is 39.5 Å². The van der Waals surface area contributed by atoms with E-state index in [1.807, 2.05) is 6.07 Å². The number of carbonyl (C=O) groups is 1. The summed E-state index contributed by atoms with van der Waals surface area (Å²) in [5.41, 5.74) is 0. The van der Waals surface area contributed by atoms with Crippen molar-refractivity contribution in [2.24, 2.45) is 5.92 Å². The van der Waals surface area contributed by atoms with E-state index in [4.69, 9.17) is 16.3 Å². The minimum atomic E-state index is -0.511. The molecule has 1 aromatic rings. The summed E-state index contributed by atoms with van der Waals surface area (Å²) in [4.78, 5) is 12.2. The number of amides is 1. The first-order chi connectivity index (χ1) is 9.56. The van der Waals surface area contributed by atoms with E-state index < -0.39 is 6.10 Å². The van der Waals surface area contributed by atoms with Gasteiger partial charge in [-0.1, -0.05) is 37.4 Å². The van der Waals surface area contributed by atoms with Gasteiger partial charge in [-0.15, -0.1) is 0 Å². The molecule has 110 valence electrons. The molecule has 1 amide bonds. The van der Waals surface area contributed by atoms with Crippen LogP contribution < -0.4 is 10.1 Å². The minimum absolute atomic E-state index is 0.0521. The van der Waals surface area contributed by atoms with Crippen LogP contribution in [0.2, 0.25) is 5.02 Å². The molecule has 0 bridgehead atoms. The van der Waals surface area contributed by atoms with E-state index in [9.17, 15) is 4.79 Å². The van der Waals surface area contributed by atoms with E-state index in [0.717, 1.165) is 6.42 Å². The molecule has 0 radical (unpaired) electrons. The highest BCUT2D eigenvalue weighted by Crippen LogP contribution is 2.24. The van der Waals surface area contributed by atoms with Gasteiger partial charge in [-0.2, -0.15) is 0 Å². The van der Waals surface area contributed by atoms with Crippen molar-refractivity contribution in [1.82, 2.24) is 5.32 Å². The van der Waals surface area contributed by atoms with Crippen LogP contribution in [-0.2, 0) is 4.79 Å². The Hall–Kier alpha value is -1.22. The molecule has 0 unspecified atom stereocenters. The van der Waals surface area contributed by atoms with Gasteiger partial charge in [-0.3, -0.25) is 4.79 Å². The average Bonchev–Trinajstić information content (AvgIpc) is 2.41. The van der Waals surface area contributed by atoms with Gasteiger partial charge in [0.2, 0.25) is 0 Å². The van der Waals surface area contributed by atoms with Gasteiger partial charge < -0.3 is 10.1 Å². The lowest BCUT2D eigenvalue weighted by Gasteiger charge is -2.30. The number of rotatable bonds is 4. The van der Waals surface area contributed by atoms with Crippen LogP contribution in [-0.4, -0.2) is 18.1 Å². The SMILES string of the molecule is C[C@@H]1CCCC[C@H]1NC(=O)[C@@H](C)Oc1cccc(Cl)c1. The fraction of sp³-hybridized carbons (Fsp3) is 0.562. The summed E-state index contributed by atoms with van der Waals surface area (Å²) in [5, 5.41) is 3.71. The molecule has 0 aromatic heterocycles. The highest BCUT2D eigenvalue weighted by molar-refractivity contribution is 6.30. The molecule has 0 aliphatic heterocycles. The van der Waals surface area contributed by atoms with Crippen molar-refractivity contribution in [2.45, 2.75) is 51.7 Å². The number of ether oxygens (including phenoxy) is 1. The summed E-state index contributed by atoms with van der Waals surface area (Å²) < 4.78 is 5.64. The molecular formula is C16H22ClNO2. The van der Waals surface area contributed by atoms with E-state index in [1.54, 1.807) is 25.1 Å². The molecule has 1 saturated carbocycles. The zero-order valence-electron chi connectivity index (χ0n) is 12.1. The van der Waals surface area contributed by atoms with Gasteiger partial charge >= 0.3 is 0 Å². The fourth-order valence-electron chi connectivity index (χ4n) is 2.63. The Morgan fingerprint density at radius 2 is 2.15 bits per heavy atom. The second kappa shape index (κ2) is 6.98. The predicted octanol–water partition coefficient (Wildman–Crippen LogP) is 3.80. The number of benzene rings is 1. The maximum atomic E-state index is 12.2. The Morgan fingerprint density at radius 1 is 1.40 bits per heavy atom. The van der Waals surface area contributed by atoms with Crippen molar-refractivity contribution in [3.8, 4) is 5.75 Å². The third-order valence-corrected chi connectivity index (χ3v) is 4.15. The molecule has 1 fully saturated rings. The molecule has 1 aliphatic rings. The predicted molar refractivity (Wildman–Crippen MR) is 81.1 cm³/mol. The van der Waals surface area contributed by atoms with Crippen LogP contribution in [0.15, 0.2) is 24.3 Å². The zero-order valence-corrected chi connectivity index (χ0v) is 12.8. The Labute approximate surface area is 125 Å². The second-order valence-electron chi connectivity index (χ2n) is 5.59. The summed E-state index contributed by atoms with van der Waals surface area (Å²) >= 11 is 5.90. The molecular weight excluding hydrogens is 274 g/mol. The molecule has 2 rings (SSSR count). The molecule has 0 heterocycles. The molecule has 1 aliphatic carbocycles. The number of nitrogens with one attached hydrogen (secondary N) is 1. The third kappa shape index (κ3) is 4.14. The molecule has 3 nitrogen and oxygen atoms in total. The summed E-state index contributed by atoms with van der Waals surface area (Å²) in [6, 6.07) is 7.39. The largest absolute Gasteiger partial charge is 0.481 e. The van der Waals surface area contributed by atoms with E-state index in [-0.39, 0.29) is 11.9 Å². The van der Waals surface area contributed by atoms with Gasteiger partial charge in [0.1, 0.15) is 5.75 Å². The highest BCUT2D eigenvalue weighted by Gasteiger charge is 2.25. The van der Waals surface area contributed by atoms with E-state index in [1.165, 1.54) is 19.3 Å². The van der Waals surface area contributed by atoms with Crippen LogP contribution in [0.4, 0.5) is 0 Å². The molecule has 20 heavy (non-hydrogen) atoms. The Morgan fingerprint density at radius 3 is 2.85 bits per heavy atom. The quantitative estimate of drug-likeness (QED) is 0.917. The molecule has 4 heteroatoms. The number of halogens is 1. The molecule has 1 aromatic carbocycles. The van der Waals surface area contributed by atoms with Crippen LogP contribution in [0.3, 0.4) is 0 Å². The maximum Gasteiger partial charge on any atom is 0.261 e. The summed E-state index contributed by atoms with van der Waals surface area (Å²) in [6.45, 7) is 3.97. The summed E-state index contributed by atoms with van der Waals surface area (Å²) in [7, 11) is 0. The summed E-state index contributed by atoms with van der Waals surface area (Å²) in [5.74, 6) is 1.12. The van der Waals surface area contributed by atoms with Crippen LogP contribution in [0, 0.1) is 5.92 Å². The van der Waals surface area contributed by atoms with Gasteiger partial charge in [-0.25, -0.2) is 0 Å². The van der Waals surface area contributed by atoms with Gasteiger partial charge in [0, 0.05) is 11.1 Å². The van der Waals surface area contributed by atoms with Crippen molar-refractivity contribution < 1.29 is 9.53 Å². The first-order valence-electron chi connectivity index (χ1n) is 7.29. The lowest BCUT2D eigenvalue weighted by Crippen LogP contribution is -2.46. The van der Waals surface area contributed by atoms with Gasteiger partial charge in [0.25, 0.3) is 5.91 Å². The normalized spacial score (nSPS) is 23.9. The average molecular weight is 296 g/mol. The van der Waals surface area contributed by atoms with Gasteiger partial charge in [-0.05, 0) is 43.9 Å². The summed E-state index contributed by atoms with van der Waals surface area (Å²) in [6.07, 6.45) is 4.20. The van der Waals surface area contributed by atoms with E-state index in [0.29, 0.717) is 16.7 Å². The van der Waals surface area contributed by atoms with Crippen molar-refractivity contribution in [3.05, 3.63) is 29.3 Å². The topological polar surface area (TPSA) is 38.3 Å². The highest BCUT2D eigenvalue weighted by atomic mass is 35.5. The van der Waals surface area contributed by atoms with E-state index >= 15 is 0 Å². The number of hydrogen-bond donors (Lipinski definition) is 1. The van der Waals surface area contributed by atoms with Crippen molar-refractivity contribution in [3.63, 3.8) is 0 Å². The number of hydrogen-bond acceptors (Lipinski definition) is 2. The Bertz CT molecular complexity index is 464. The minimum Gasteiger partial charge on any atom is -0.481 e. The Kier molecular flexibility index (Phi) is 5.30. The zero-order chi connectivity index (χ0) is 14.5. The lowest BCUT2D eigenvalue weighted by atomic mass is 9.86. The monoisotopic (exact) mass is 295 g/mol. The molecule has 1 N–H and O–H groups in total. The van der Waals surface area contributed by atoms with Gasteiger partial charge in [0.15, 0.2) is 6.10 Å². The fourth-order valence-corrected chi connectivity index (χ4v) is 2.81. The van der Waals surface area contributed by atoms with Crippen LogP contribution in [0.5, 0.6) is 5.75 Å². The first kappa shape index (κ1) is 15.2. The first-order valence-corrected chi connectivity index (χ1v) is 7.66. The maximum absolute atomic E-state index is 12.2. The van der Waals surface area contributed by atoms with E-state index in [2.05, 4.69) is 12.2 Å². The van der Waals surface area contributed by atoms with Gasteiger partial charge in [0.05, 0.1) is 0 Å². The molecule has 0 spiro atoms. The van der Waals surface area contributed by atoms with Crippen LogP contribution >= 0.6 is 11.6 Å². The van der Waals surface area contributed by atoms with Crippen LogP contribution in [0.25, 0.3) is 0 Å². The molecule has 0 saturated heterocycles. The van der Waals surface area contributed by atoms with Crippen molar-refractivity contribution in [2.75, 3.05) is 0 Å². The third-order valence-electron chi connectivity index (χ3n) is 3.92. The Balaban J connectivity index is 1.88. The molecule has 3 atom stereocenters.